The summed E-state index contributed by atoms with van der Waals surface area (Å²) < 4.78 is 0. The van der Waals surface area contributed by atoms with E-state index in [-0.39, 0.29) is 37.7 Å². The van der Waals surface area contributed by atoms with Crippen molar-refractivity contribution in [2.24, 2.45) is 0 Å². The molecule has 0 aliphatic carbocycles. The Morgan fingerprint density at radius 2 is 1.86 bits per heavy atom. The van der Waals surface area contributed by atoms with Gasteiger partial charge >= 0.3 is 0 Å². The van der Waals surface area contributed by atoms with Crippen molar-refractivity contribution in [3.63, 3.8) is 0 Å². The SMILES string of the molecule is C=C[C-]=CC=C.[Ho]. The maximum atomic E-state index is 3.43. The van der Waals surface area contributed by atoms with Crippen LogP contribution in [0.5, 0.6) is 0 Å². The molecule has 1 radical (unpaired) electrons. The maximum absolute atomic E-state index is 3.43. The van der Waals surface area contributed by atoms with Gasteiger partial charge in [0.2, 0.25) is 0 Å². The van der Waals surface area contributed by atoms with Crippen molar-refractivity contribution in [1.82, 2.24) is 0 Å². The van der Waals surface area contributed by atoms with Crippen molar-refractivity contribution in [3.05, 3.63) is 37.5 Å². The normalized spacial score (nSPS) is 7.43. The van der Waals surface area contributed by atoms with Crippen molar-refractivity contribution in [2.45, 2.75) is 0 Å². The topological polar surface area (TPSA) is 0 Å². The van der Waals surface area contributed by atoms with E-state index in [1.807, 2.05) is 0 Å². The van der Waals surface area contributed by atoms with E-state index in [0.717, 1.165) is 0 Å². The molecule has 0 N–H and O–H groups in total. The molecule has 0 unspecified atom stereocenters. The molecule has 43 valence electrons. The Balaban J connectivity index is 0. The Bertz CT molecular complexity index is 62.2. The second-order valence-corrected chi connectivity index (χ2v) is 0.773. The van der Waals surface area contributed by atoms with E-state index in [1.54, 1.807) is 18.2 Å². The summed E-state index contributed by atoms with van der Waals surface area (Å²) in [4.78, 5) is 0. The monoisotopic (exact) mass is 244 g/mol. The first-order valence-electron chi connectivity index (χ1n) is 1.73. The number of hydrogen-bond acceptors (Lipinski definition) is 0. The van der Waals surface area contributed by atoms with Crippen LogP contribution in [-0.4, -0.2) is 0 Å². The second-order valence-electron chi connectivity index (χ2n) is 0.773. The fraction of sp³-hybridized carbons (Fsp3) is 0. The second kappa shape index (κ2) is 9.70. The summed E-state index contributed by atoms with van der Waals surface area (Å²) in [6.45, 7) is 6.84. The van der Waals surface area contributed by atoms with Crippen LogP contribution in [0.2, 0.25) is 0 Å². The fourth-order valence-corrected chi connectivity index (χ4v) is 0.136. The van der Waals surface area contributed by atoms with Crippen LogP contribution in [0, 0.1) is 43.8 Å². The standard InChI is InChI=1S/C6H7.Ho/c1-3-5-6-4-2;/h3-5H,1-2H2;/q-1;. The predicted molar refractivity (Wildman–Crippen MR) is 28.2 cm³/mol. The molecule has 0 aromatic heterocycles. The Labute approximate surface area is 74.6 Å². The van der Waals surface area contributed by atoms with E-state index in [1.165, 1.54) is 0 Å². The summed E-state index contributed by atoms with van der Waals surface area (Å²) in [7, 11) is 0. The van der Waals surface area contributed by atoms with Gasteiger partial charge in [-0.15, -0.1) is 0 Å². The quantitative estimate of drug-likeness (QED) is 0.394. The minimum atomic E-state index is 0. The molecule has 0 spiro atoms. The Morgan fingerprint density at radius 3 is 2.00 bits per heavy atom. The van der Waals surface area contributed by atoms with E-state index in [2.05, 4.69) is 19.2 Å². The third-order valence-electron chi connectivity index (χ3n) is 0.332. The minimum Gasteiger partial charge on any atom is -0.194 e. The molecule has 0 heterocycles. The van der Waals surface area contributed by atoms with E-state index in [9.17, 15) is 0 Å². The third kappa shape index (κ3) is 10.7. The maximum Gasteiger partial charge on any atom is 0 e. The van der Waals surface area contributed by atoms with E-state index in [0.29, 0.717) is 0 Å². The number of hydrogen-bond donors (Lipinski definition) is 0. The van der Waals surface area contributed by atoms with Crippen molar-refractivity contribution in [3.8, 4) is 0 Å². The van der Waals surface area contributed by atoms with E-state index in [4.69, 9.17) is 0 Å². The summed E-state index contributed by atoms with van der Waals surface area (Å²) in [6, 6.07) is 0. The largest absolute Gasteiger partial charge is 0.194 e. The van der Waals surface area contributed by atoms with Gasteiger partial charge in [0.1, 0.15) is 0 Å². The fourth-order valence-electron chi connectivity index (χ4n) is 0.136. The van der Waals surface area contributed by atoms with Crippen LogP contribution in [0.1, 0.15) is 0 Å². The first-order chi connectivity index (χ1) is 2.91. The molecule has 0 rings (SSSR count). The van der Waals surface area contributed by atoms with Crippen molar-refractivity contribution >= 4 is 0 Å². The van der Waals surface area contributed by atoms with Gasteiger partial charge in [0.15, 0.2) is 0 Å². The first-order valence-corrected chi connectivity index (χ1v) is 1.73. The number of allylic oxidation sites excluding steroid dienone is 4. The average molecular weight is 244 g/mol. The third-order valence-corrected chi connectivity index (χ3v) is 0.332. The summed E-state index contributed by atoms with van der Waals surface area (Å²) in [5.74, 6) is 0. The Kier molecular flexibility index (Phi) is 14.5. The summed E-state index contributed by atoms with van der Waals surface area (Å²) in [5.41, 5.74) is 0. The molecule has 0 amide bonds. The van der Waals surface area contributed by atoms with Gasteiger partial charge in [-0.1, -0.05) is 0 Å². The van der Waals surface area contributed by atoms with Gasteiger partial charge in [0.25, 0.3) is 0 Å². The molecule has 0 saturated heterocycles. The van der Waals surface area contributed by atoms with Crippen LogP contribution in [0.15, 0.2) is 31.4 Å². The van der Waals surface area contributed by atoms with Crippen molar-refractivity contribution in [2.75, 3.05) is 0 Å². The summed E-state index contributed by atoms with van der Waals surface area (Å²) in [5, 5.41) is 0. The van der Waals surface area contributed by atoms with Gasteiger partial charge in [-0.05, 0) is 0 Å². The molecule has 7 heavy (non-hydrogen) atoms. The van der Waals surface area contributed by atoms with Crippen LogP contribution < -0.4 is 0 Å². The molecule has 0 aromatic carbocycles. The Morgan fingerprint density at radius 1 is 1.29 bits per heavy atom. The molecule has 0 aliphatic rings. The van der Waals surface area contributed by atoms with Crippen LogP contribution in [0.3, 0.4) is 0 Å². The van der Waals surface area contributed by atoms with Crippen molar-refractivity contribution in [1.29, 1.82) is 0 Å². The predicted octanol–water partition coefficient (Wildman–Crippen LogP) is 1.72. The Hall–Kier alpha value is 0.480. The molecule has 0 saturated carbocycles. The molecular formula is C6H7Ho-. The zero-order valence-corrected chi connectivity index (χ0v) is 5.88. The molecule has 0 nitrogen and oxygen atoms in total. The van der Waals surface area contributed by atoms with Gasteiger partial charge in [0, 0.05) is 37.7 Å². The summed E-state index contributed by atoms with van der Waals surface area (Å²) in [6.07, 6.45) is 7.66. The first kappa shape index (κ1) is 10.5. The van der Waals surface area contributed by atoms with Gasteiger partial charge in [-0.3, -0.25) is 0 Å². The zero-order chi connectivity index (χ0) is 4.83. The average Bonchev–Trinajstić information content (AvgIpc) is 1.61. The van der Waals surface area contributed by atoms with Gasteiger partial charge in [-0.25, -0.2) is 0 Å². The van der Waals surface area contributed by atoms with E-state index < -0.39 is 0 Å². The van der Waals surface area contributed by atoms with Crippen molar-refractivity contribution < 1.29 is 37.7 Å². The van der Waals surface area contributed by atoms with Crippen LogP contribution in [-0.2, 0) is 0 Å². The molecule has 0 bridgehead atoms. The van der Waals surface area contributed by atoms with Gasteiger partial charge in [-0.2, -0.15) is 37.5 Å². The molecule has 1 heteroatoms. The van der Waals surface area contributed by atoms with Crippen LogP contribution in [0.25, 0.3) is 0 Å². The van der Waals surface area contributed by atoms with Gasteiger partial charge < -0.3 is 0 Å². The smallest absolute Gasteiger partial charge is 0 e. The number of rotatable bonds is 2. The zero-order valence-electron chi connectivity index (χ0n) is 3.95. The minimum absolute atomic E-state index is 0. The molecule has 0 aliphatic heterocycles. The summed E-state index contributed by atoms with van der Waals surface area (Å²) >= 11 is 0. The molecular weight excluding hydrogens is 237 g/mol. The molecule has 0 fully saturated rings. The van der Waals surface area contributed by atoms with Gasteiger partial charge in [0.05, 0.1) is 0 Å². The molecule has 0 aromatic rings. The molecule has 0 atom stereocenters. The van der Waals surface area contributed by atoms with E-state index >= 15 is 0 Å². The van der Waals surface area contributed by atoms with Crippen LogP contribution >= 0.6 is 0 Å². The van der Waals surface area contributed by atoms with Crippen LogP contribution in [0.4, 0.5) is 0 Å².